The lowest BCUT2D eigenvalue weighted by Crippen LogP contribution is -2.38. The number of hydrogen-bond donors (Lipinski definition) is 4. The number of nitrogens with one attached hydrogen (secondary N) is 3. The number of ether oxygens (including phenoxy) is 1. The molecule has 3 rings (SSSR count). The molecule has 4 N–H and O–H groups in total. The van der Waals surface area contributed by atoms with Gasteiger partial charge in [-0.2, -0.15) is 9.61 Å². The highest BCUT2D eigenvalue weighted by Crippen LogP contribution is 2.27. The fourth-order valence-corrected chi connectivity index (χ4v) is 2.94. The third kappa shape index (κ3) is 5.94. The summed E-state index contributed by atoms with van der Waals surface area (Å²) in [5.41, 5.74) is 0.511. The number of amides is 1. The summed E-state index contributed by atoms with van der Waals surface area (Å²) < 4.78 is 7.51. The van der Waals surface area contributed by atoms with Crippen LogP contribution in [0, 0.1) is 0 Å². The van der Waals surface area contributed by atoms with Crippen molar-refractivity contribution < 1.29 is 14.6 Å². The summed E-state index contributed by atoms with van der Waals surface area (Å²) in [5, 5.41) is 22.9. The van der Waals surface area contributed by atoms with Crippen LogP contribution in [-0.4, -0.2) is 78.6 Å². The molecule has 0 aliphatic rings. The molecule has 0 radical (unpaired) electrons. The first kappa shape index (κ1) is 23.5. The number of carbonyl (C=O) groups excluding carboxylic acids is 1. The zero-order valence-electron chi connectivity index (χ0n) is 19.4. The molecule has 13 heteroatoms. The predicted octanol–water partition coefficient (Wildman–Crippen LogP) is -1.31. The molecule has 1 amide bonds. The maximum Gasteiger partial charge on any atom is 0.256 e. The van der Waals surface area contributed by atoms with Gasteiger partial charge in [0.05, 0.1) is 11.8 Å². The fourth-order valence-electron chi connectivity index (χ4n) is 2.94. The maximum atomic E-state index is 12.7. The summed E-state index contributed by atoms with van der Waals surface area (Å²) in [5.74, 6) is 1.29. The number of hydrogen-bond acceptors (Lipinski definition) is 8. The van der Waals surface area contributed by atoms with Crippen molar-refractivity contribution in [1.29, 1.82) is 0 Å². The molecule has 0 bridgehead atoms. The van der Waals surface area contributed by atoms with Gasteiger partial charge in [-0.25, -0.2) is 9.97 Å². The number of aromatic nitrogens is 4. The minimum atomic E-state index is -0.862. The number of fused-ring (bicyclic) bond motifs is 1. The molecular weight excluding hydrogens is 407 g/mol. The quantitative estimate of drug-likeness (QED) is 0.306. The van der Waals surface area contributed by atoms with Crippen LogP contribution in [-0.2, 0) is 0 Å². The van der Waals surface area contributed by atoms with E-state index in [1.54, 1.807) is 43.7 Å². The Bertz CT molecular complexity index is 1110. The first-order valence-corrected chi connectivity index (χ1v) is 10.4. The van der Waals surface area contributed by atoms with Gasteiger partial charge in [-0.15, -0.1) is 0 Å². The standard InChI is InChI=1S/C19H28B3N7O3/c1-18(2,31)6-8-24-16(30)11-10-26-29-14(23-3)9-13(28-15(11)29)27-12-5-4-7-25-17(12)32-19(20,21)22/h4-5,7,9-10,23,31H,6,8,20-22H2,1-3H3,(H,24,30)(H,27,28). The first-order chi connectivity index (χ1) is 15.0. The Morgan fingerprint density at radius 3 is 2.72 bits per heavy atom. The maximum absolute atomic E-state index is 12.7. The largest absolute Gasteiger partial charge is 0.497 e. The number of aliphatic hydroxyl groups is 1. The molecule has 0 unspecified atom stereocenters. The average molecular weight is 435 g/mol. The van der Waals surface area contributed by atoms with Gasteiger partial charge in [-0.1, -0.05) is 0 Å². The number of rotatable bonds is 9. The van der Waals surface area contributed by atoms with E-state index in [-0.39, 0.29) is 5.91 Å². The van der Waals surface area contributed by atoms with E-state index in [1.807, 2.05) is 29.6 Å². The van der Waals surface area contributed by atoms with Gasteiger partial charge in [0.25, 0.3) is 5.91 Å². The summed E-state index contributed by atoms with van der Waals surface area (Å²) >= 11 is 0. The minimum absolute atomic E-state index is 0.311. The zero-order valence-corrected chi connectivity index (χ0v) is 19.4. The van der Waals surface area contributed by atoms with Crippen LogP contribution < -0.4 is 20.7 Å². The Kier molecular flexibility index (Phi) is 6.68. The van der Waals surface area contributed by atoms with E-state index >= 15 is 0 Å². The van der Waals surface area contributed by atoms with E-state index in [0.29, 0.717) is 47.4 Å². The van der Waals surface area contributed by atoms with Gasteiger partial charge >= 0.3 is 0 Å². The van der Waals surface area contributed by atoms with Crippen LogP contribution in [0.15, 0.2) is 30.6 Å². The monoisotopic (exact) mass is 435 g/mol. The van der Waals surface area contributed by atoms with Crippen molar-refractivity contribution in [2.45, 2.75) is 31.2 Å². The van der Waals surface area contributed by atoms with E-state index in [0.717, 1.165) is 0 Å². The van der Waals surface area contributed by atoms with Crippen molar-refractivity contribution in [2.75, 3.05) is 24.2 Å². The van der Waals surface area contributed by atoms with Crippen LogP contribution in [0.25, 0.3) is 5.65 Å². The lowest BCUT2D eigenvalue weighted by molar-refractivity contribution is 0.0693. The molecule has 3 heterocycles. The molecule has 0 fully saturated rings. The molecular formula is C19H28B3N7O3. The number of nitrogens with zero attached hydrogens (tertiary/aromatic N) is 4. The van der Waals surface area contributed by atoms with Crippen molar-refractivity contribution in [1.82, 2.24) is 24.9 Å². The average Bonchev–Trinajstić information content (AvgIpc) is 3.11. The van der Waals surface area contributed by atoms with Crippen LogP contribution >= 0.6 is 0 Å². The van der Waals surface area contributed by atoms with Crippen molar-refractivity contribution in [2.24, 2.45) is 0 Å². The van der Waals surface area contributed by atoms with Gasteiger partial charge in [0.15, 0.2) is 5.65 Å². The molecule has 0 saturated carbocycles. The molecule has 0 saturated heterocycles. The summed E-state index contributed by atoms with van der Waals surface area (Å²) in [4.78, 5) is 21.7. The molecule has 3 aromatic rings. The molecule has 0 aliphatic heterocycles. The summed E-state index contributed by atoms with van der Waals surface area (Å²) in [6.07, 6.45) is 3.57. The van der Waals surface area contributed by atoms with Gasteiger partial charge < -0.3 is 25.8 Å². The van der Waals surface area contributed by atoms with Gasteiger partial charge in [0.1, 0.15) is 46.4 Å². The third-order valence-corrected chi connectivity index (χ3v) is 4.43. The molecule has 0 atom stereocenters. The lowest BCUT2D eigenvalue weighted by Gasteiger charge is -2.23. The SMILES string of the molecule is BC(B)(B)Oc1ncccc1Nc1cc(NC)n2ncc(C(=O)NCCC(C)(C)O)c2n1. The van der Waals surface area contributed by atoms with Crippen molar-refractivity contribution in [3.8, 4) is 5.88 Å². The van der Waals surface area contributed by atoms with Crippen LogP contribution in [0.3, 0.4) is 0 Å². The highest BCUT2D eigenvalue weighted by molar-refractivity contribution is 6.58. The summed E-state index contributed by atoms with van der Waals surface area (Å²) in [7, 11) is 7.61. The van der Waals surface area contributed by atoms with Gasteiger partial charge in [0, 0.05) is 31.2 Å². The molecule has 166 valence electrons. The molecule has 0 spiro atoms. The van der Waals surface area contributed by atoms with Crippen LogP contribution in [0.1, 0.15) is 30.6 Å². The first-order valence-electron chi connectivity index (χ1n) is 10.4. The lowest BCUT2D eigenvalue weighted by atomic mass is 9.52. The molecule has 0 aliphatic carbocycles. The Hall–Kier alpha value is -3.21. The Balaban J connectivity index is 1.92. The third-order valence-electron chi connectivity index (χ3n) is 4.43. The zero-order chi connectivity index (χ0) is 23.5. The van der Waals surface area contributed by atoms with E-state index in [9.17, 15) is 9.90 Å². The van der Waals surface area contributed by atoms with Gasteiger partial charge in [-0.3, -0.25) is 4.79 Å². The topological polar surface area (TPSA) is 126 Å². The Morgan fingerprint density at radius 2 is 2.06 bits per heavy atom. The molecule has 32 heavy (non-hydrogen) atoms. The Labute approximate surface area is 189 Å². The highest BCUT2D eigenvalue weighted by atomic mass is 16.5. The van der Waals surface area contributed by atoms with Crippen molar-refractivity contribution >= 4 is 52.4 Å². The van der Waals surface area contributed by atoms with E-state index in [4.69, 9.17) is 4.74 Å². The Morgan fingerprint density at radius 1 is 1.31 bits per heavy atom. The van der Waals surface area contributed by atoms with Crippen LogP contribution in [0.2, 0.25) is 0 Å². The summed E-state index contributed by atoms with van der Waals surface area (Å²) in [6.45, 7) is 3.73. The molecule has 10 nitrogen and oxygen atoms in total. The second-order valence-corrected chi connectivity index (χ2v) is 9.08. The summed E-state index contributed by atoms with van der Waals surface area (Å²) in [6, 6.07) is 5.43. The van der Waals surface area contributed by atoms with Crippen molar-refractivity contribution in [3.05, 3.63) is 36.2 Å². The predicted molar refractivity (Wildman–Crippen MR) is 132 cm³/mol. The number of anilines is 3. The minimum Gasteiger partial charge on any atom is -0.497 e. The van der Waals surface area contributed by atoms with Crippen LogP contribution in [0.4, 0.5) is 17.3 Å². The second-order valence-electron chi connectivity index (χ2n) is 9.08. The van der Waals surface area contributed by atoms with Gasteiger partial charge in [-0.05, 0) is 32.4 Å². The van der Waals surface area contributed by atoms with Crippen LogP contribution in [0.5, 0.6) is 5.88 Å². The smallest absolute Gasteiger partial charge is 0.256 e. The number of carbonyl (C=O) groups is 1. The van der Waals surface area contributed by atoms with E-state index in [2.05, 4.69) is 31.0 Å². The van der Waals surface area contributed by atoms with Crippen molar-refractivity contribution in [3.63, 3.8) is 0 Å². The second kappa shape index (κ2) is 9.11. The van der Waals surface area contributed by atoms with E-state index < -0.39 is 10.9 Å². The molecule has 3 aromatic heterocycles. The normalized spacial score (nSPS) is 11.9. The highest BCUT2D eigenvalue weighted by Gasteiger charge is 2.20. The number of pyridine rings is 1. The molecule has 0 aromatic carbocycles. The van der Waals surface area contributed by atoms with E-state index in [1.165, 1.54) is 6.20 Å². The fraction of sp³-hybridized carbons (Fsp3) is 0.368. The van der Waals surface area contributed by atoms with Gasteiger partial charge in [0.2, 0.25) is 5.88 Å².